The Morgan fingerprint density at radius 2 is 2.50 bits per heavy atom. The van der Waals surface area contributed by atoms with E-state index in [1.165, 1.54) is 11.3 Å². The first kappa shape index (κ1) is 9.71. The van der Waals surface area contributed by atoms with Crippen molar-refractivity contribution in [2.45, 2.75) is 12.6 Å². The first-order valence-corrected chi connectivity index (χ1v) is 5.49. The molecular formula is C9H10ClN3S. The minimum absolute atomic E-state index is 0.0892. The molecule has 0 spiro atoms. The van der Waals surface area contributed by atoms with Gasteiger partial charge in [-0.2, -0.15) is 5.10 Å². The second-order valence-corrected chi connectivity index (χ2v) is 4.50. The van der Waals surface area contributed by atoms with Crippen LogP contribution in [0.1, 0.15) is 11.6 Å². The van der Waals surface area contributed by atoms with E-state index in [4.69, 9.17) is 17.3 Å². The molecule has 0 amide bonds. The van der Waals surface area contributed by atoms with Crippen molar-refractivity contribution in [1.82, 2.24) is 9.78 Å². The molecule has 2 rings (SSSR count). The Kier molecular flexibility index (Phi) is 2.86. The lowest BCUT2D eigenvalue weighted by molar-refractivity contribution is 0.529. The zero-order valence-electron chi connectivity index (χ0n) is 7.43. The van der Waals surface area contributed by atoms with Crippen LogP contribution in [0.4, 0.5) is 0 Å². The Bertz CT molecular complexity index is 396. The third-order valence-electron chi connectivity index (χ3n) is 1.99. The third-order valence-corrected chi connectivity index (χ3v) is 3.19. The number of thiophene rings is 1. The summed E-state index contributed by atoms with van der Waals surface area (Å²) in [6.07, 6.45) is 3.63. The van der Waals surface area contributed by atoms with Crippen LogP contribution in [-0.4, -0.2) is 9.78 Å². The van der Waals surface area contributed by atoms with Gasteiger partial charge in [0.05, 0.1) is 16.9 Å². The summed E-state index contributed by atoms with van der Waals surface area (Å²) in [5, 5.41) is 6.04. The highest BCUT2D eigenvalue weighted by Crippen LogP contribution is 2.27. The van der Waals surface area contributed by atoms with E-state index < -0.39 is 0 Å². The second kappa shape index (κ2) is 4.13. The number of halogens is 1. The summed E-state index contributed by atoms with van der Waals surface area (Å²) in [7, 11) is 0. The fourth-order valence-electron chi connectivity index (χ4n) is 1.28. The van der Waals surface area contributed by atoms with Crippen LogP contribution < -0.4 is 5.73 Å². The van der Waals surface area contributed by atoms with Crippen molar-refractivity contribution >= 4 is 22.9 Å². The van der Waals surface area contributed by atoms with Crippen LogP contribution >= 0.6 is 22.9 Å². The number of aromatic nitrogens is 2. The highest BCUT2D eigenvalue weighted by molar-refractivity contribution is 7.14. The van der Waals surface area contributed by atoms with Crippen LogP contribution in [0.2, 0.25) is 4.34 Å². The summed E-state index contributed by atoms with van der Waals surface area (Å²) >= 11 is 7.48. The van der Waals surface area contributed by atoms with Gasteiger partial charge in [0.1, 0.15) is 0 Å². The molecule has 0 aliphatic rings. The molecule has 0 saturated carbocycles. The van der Waals surface area contributed by atoms with E-state index in [1.807, 2.05) is 23.7 Å². The van der Waals surface area contributed by atoms with Crippen molar-refractivity contribution in [3.63, 3.8) is 0 Å². The largest absolute Gasteiger partial charge is 0.322 e. The SMILES string of the molecule is NC(Cn1cccn1)c1ccsc1Cl. The molecule has 14 heavy (non-hydrogen) atoms. The van der Waals surface area contributed by atoms with E-state index in [2.05, 4.69) is 5.10 Å². The molecule has 0 aromatic carbocycles. The second-order valence-electron chi connectivity index (χ2n) is 2.98. The van der Waals surface area contributed by atoms with E-state index >= 15 is 0 Å². The molecule has 1 atom stereocenters. The van der Waals surface area contributed by atoms with E-state index in [1.54, 1.807) is 10.9 Å². The molecule has 0 bridgehead atoms. The van der Waals surface area contributed by atoms with Gasteiger partial charge >= 0.3 is 0 Å². The van der Waals surface area contributed by atoms with E-state index in [-0.39, 0.29) is 6.04 Å². The average Bonchev–Trinajstić information content (AvgIpc) is 2.75. The normalized spacial score (nSPS) is 13.0. The predicted octanol–water partition coefficient (Wildman–Crippen LogP) is 2.30. The number of nitrogens with two attached hydrogens (primary N) is 1. The standard InChI is InChI=1S/C9H10ClN3S/c10-9-7(2-5-14-9)8(11)6-13-4-1-3-12-13/h1-5,8H,6,11H2. The molecule has 0 radical (unpaired) electrons. The van der Waals surface area contributed by atoms with Crippen LogP contribution in [-0.2, 0) is 6.54 Å². The molecule has 0 aliphatic carbocycles. The summed E-state index contributed by atoms with van der Waals surface area (Å²) in [4.78, 5) is 0. The van der Waals surface area contributed by atoms with Crippen LogP contribution in [0.3, 0.4) is 0 Å². The van der Waals surface area contributed by atoms with Gasteiger partial charge in [0, 0.05) is 18.0 Å². The summed E-state index contributed by atoms with van der Waals surface area (Å²) in [5.74, 6) is 0. The number of hydrogen-bond acceptors (Lipinski definition) is 3. The van der Waals surface area contributed by atoms with Gasteiger partial charge in [-0.25, -0.2) is 0 Å². The zero-order chi connectivity index (χ0) is 9.97. The molecule has 2 aromatic heterocycles. The maximum absolute atomic E-state index is 5.99. The molecule has 2 N–H and O–H groups in total. The minimum atomic E-state index is -0.0892. The van der Waals surface area contributed by atoms with Crippen molar-refractivity contribution in [2.24, 2.45) is 5.73 Å². The van der Waals surface area contributed by atoms with Crippen molar-refractivity contribution in [3.8, 4) is 0 Å². The monoisotopic (exact) mass is 227 g/mol. The first-order chi connectivity index (χ1) is 6.77. The molecule has 5 heteroatoms. The molecule has 0 saturated heterocycles. The molecule has 2 heterocycles. The van der Waals surface area contributed by atoms with Gasteiger partial charge in [-0.15, -0.1) is 11.3 Å². The van der Waals surface area contributed by atoms with Gasteiger partial charge in [0.15, 0.2) is 0 Å². The van der Waals surface area contributed by atoms with Crippen LogP contribution in [0, 0.1) is 0 Å². The molecule has 0 fully saturated rings. The third kappa shape index (κ3) is 1.97. The van der Waals surface area contributed by atoms with Crippen molar-refractivity contribution < 1.29 is 0 Å². The minimum Gasteiger partial charge on any atom is -0.322 e. The van der Waals surface area contributed by atoms with E-state index in [9.17, 15) is 0 Å². The molecular weight excluding hydrogens is 218 g/mol. The van der Waals surface area contributed by atoms with Gasteiger partial charge in [0.2, 0.25) is 0 Å². The van der Waals surface area contributed by atoms with Crippen LogP contribution in [0.5, 0.6) is 0 Å². The van der Waals surface area contributed by atoms with E-state index in [0.29, 0.717) is 6.54 Å². The summed E-state index contributed by atoms with van der Waals surface area (Å²) in [5.41, 5.74) is 6.99. The van der Waals surface area contributed by atoms with Crippen molar-refractivity contribution in [3.05, 3.63) is 39.8 Å². The lowest BCUT2D eigenvalue weighted by atomic mass is 10.2. The number of rotatable bonds is 3. The Labute approximate surface area is 91.1 Å². The summed E-state index contributed by atoms with van der Waals surface area (Å²) < 4.78 is 2.57. The Hall–Kier alpha value is -0.840. The lowest BCUT2D eigenvalue weighted by Gasteiger charge is -2.10. The molecule has 2 aromatic rings. The van der Waals surface area contributed by atoms with Crippen LogP contribution in [0.25, 0.3) is 0 Å². The molecule has 3 nitrogen and oxygen atoms in total. The number of nitrogens with zero attached hydrogens (tertiary/aromatic N) is 2. The summed E-state index contributed by atoms with van der Waals surface area (Å²) in [6.45, 7) is 0.656. The maximum Gasteiger partial charge on any atom is 0.0976 e. The quantitative estimate of drug-likeness (QED) is 0.875. The van der Waals surface area contributed by atoms with Gasteiger partial charge in [-0.05, 0) is 17.5 Å². The fraction of sp³-hybridized carbons (Fsp3) is 0.222. The highest BCUT2D eigenvalue weighted by Gasteiger charge is 2.11. The molecule has 0 aliphatic heterocycles. The van der Waals surface area contributed by atoms with Gasteiger partial charge in [0.25, 0.3) is 0 Å². The predicted molar refractivity (Wildman–Crippen MR) is 58.5 cm³/mol. The summed E-state index contributed by atoms with van der Waals surface area (Å²) in [6, 6.07) is 3.75. The fourth-order valence-corrected chi connectivity index (χ4v) is 2.33. The van der Waals surface area contributed by atoms with Crippen molar-refractivity contribution in [1.29, 1.82) is 0 Å². The van der Waals surface area contributed by atoms with Crippen LogP contribution in [0.15, 0.2) is 29.9 Å². The van der Waals surface area contributed by atoms with Crippen molar-refractivity contribution in [2.75, 3.05) is 0 Å². The zero-order valence-corrected chi connectivity index (χ0v) is 9.00. The molecule has 74 valence electrons. The van der Waals surface area contributed by atoms with Gasteiger partial charge < -0.3 is 5.73 Å². The highest BCUT2D eigenvalue weighted by atomic mass is 35.5. The average molecular weight is 228 g/mol. The lowest BCUT2D eigenvalue weighted by Crippen LogP contribution is -2.17. The smallest absolute Gasteiger partial charge is 0.0976 e. The topological polar surface area (TPSA) is 43.8 Å². The maximum atomic E-state index is 5.99. The van der Waals surface area contributed by atoms with E-state index in [0.717, 1.165) is 9.90 Å². The molecule has 1 unspecified atom stereocenters. The Balaban J connectivity index is 2.10. The Morgan fingerprint density at radius 3 is 3.07 bits per heavy atom. The van der Waals surface area contributed by atoms with Gasteiger partial charge in [-0.1, -0.05) is 11.6 Å². The Morgan fingerprint density at radius 1 is 1.64 bits per heavy atom. The first-order valence-electron chi connectivity index (χ1n) is 4.23. The van der Waals surface area contributed by atoms with Gasteiger partial charge in [-0.3, -0.25) is 4.68 Å². The number of hydrogen-bond donors (Lipinski definition) is 1.